The fraction of sp³-hybridized carbons (Fsp3) is 0.355. The summed E-state index contributed by atoms with van der Waals surface area (Å²) < 4.78 is 10.7. The van der Waals surface area contributed by atoms with Crippen molar-refractivity contribution in [1.29, 1.82) is 0 Å². The number of rotatable bonds is 6. The minimum atomic E-state index is -0.562. The molecule has 1 aliphatic carbocycles. The van der Waals surface area contributed by atoms with Crippen LogP contribution in [0.25, 0.3) is 0 Å². The summed E-state index contributed by atoms with van der Waals surface area (Å²) >= 11 is 0. The molecule has 0 radical (unpaired) electrons. The second-order valence-corrected chi connectivity index (χ2v) is 9.85. The molecule has 3 aromatic carbocycles. The molecule has 0 aromatic heterocycles. The summed E-state index contributed by atoms with van der Waals surface area (Å²) in [6.45, 7) is 0. The van der Waals surface area contributed by atoms with Crippen LogP contribution in [-0.2, 0) is 4.79 Å². The lowest BCUT2D eigenvalue weighted by Crippen LogP contribution is -2.49. The van der Waals surface area contributed by atoms with Gasteiger partial charge in [-0.25, -0.2) is 0 Å². The third kappa shape index (κ3) is 5.06. The molecule has 6 nitrogen and oxygen atoms in total. The number of amides is 2. The molecule has 1 saturated carbocycles. The Morgan fingerprint density at radius 3 is 2.03 bits per heavy atom. The summed E-state index contributed by atoms with van der Waals surface area (Å²) in [6.07, 6.45) is 6.68. The lowest BCUT2D eigenvalue weighted by molar-refractivity contribution is -0.124. The van der Waals surface area contributed by atoms with Gasteiger partial charge in [-0.3, -0.25) is 14.5 Å². The van der Waals surface area contributed by atoms with Crippen LogP contribution in [0.3, 0.4) is 0 Å². The van der Waals surface area contributed by atoms with E-state index in [4.69, 9.17) is 9.47 Å². The summed E-state index contributed by atoms with van der Waals surface area (Å²) in [7, 11) is 3.24. The van der Waals surface area contributed by atoms with Gasteiger partial charge in [0.15, 0.2) is 0 Å². The zero-order valence-electron chi connectivity index (χ0n) is 21.5. The quantitative estimate of drug-likeness (QED) is 0.422. The Balaban J connectivity index is 1.63. The van der Waals surface area contributed by atoms with Crippen molar-refractivity contribution in [2.24, 2.45) is 0 Å². The first-order valence-electron chi connectivity index (χ1n) is 13.1. The molecule has 2 amide bonds. The van der Waals surface area contributed by atoms with Gasteiger partial charge < -0.3 is 14.8 Å². The van der Waals surface area contributed by atoms with Gasteiger partial charge in [0.25, 0.3) is 5.91 Å². The average molecular weight is 499 g/mol. The van der Waals surface area contributed by atoms with Gasteiger partial charge in [0.2, 0.25) is 5.91 Å². The normalized spacial score (nSPS) is 20.1. The molecule has 0 unspecified atom stereocenters. The molecule has 1 N–H and O–H groups in total. The fourth-order valence-corrected chi connectivity index (χ4v) is 5.70. The third-order valence-electron chi connectivity index (χ3n) is 7.63. The second kappa shape index (κ2) is 11.1. The summed E-state index contributed by atoms with van der Waals surface area (Å²) in [5, 5.41) is 3.38. The predicted molar refractivity (Wildman–Crippen MR) is 144 cm³/mol. The van der Waals surface area contributed by atoms with E-state index in [-0.39, 0.29) is 17.9 Å². The van der Waals surface area contributed by atoms with E-state index < -0.39 is 12.0 Å². The summed E-state index contributed by atoms with van der Waals surface area (Å²) in [4.78, 5) is 29.9. The van der Waals surface area contributed by atoms with Gasteiger partial charge in [0.05, 0.1) is 26.2 Å². The van der Waals surface area contributed by atoms with Crippen molar-refractivity contribution in [3.63, 3.8) is 0 Å². The standard InChI is InChI=1S/C31H34N2O4/c1-36-24-17-13-21(14-18-24)29-28(30(34)32-22-9-5-3-4-6-10-22)26-11-7-8-12-27(26)31(35)33(29)23-15-19-25(37-2)20-16-23/h7-8,11-20,22,28-29H,3-6,9-10H2,1-2H3,(H,32,34)/t28-,29-/m0/s1. The van der Waals surface area contributed by atoms with Crippen LogP contribution < -0.4 is 19.7 Å². The predicted octanol–water partition coefficient (Wildman–Crippen LogP) is 6.03. The number of anilines is 1. The van der Waals surface area contributed by atoms with E-state index in [1.165, 1.54) is 12.8 Å². The molecule has 0 spiro atoms. The van der Waals surface area contributed by atoms with Gasteiger partial charge in [-0.2, -0.15) is 0 Å². The van der Waals surface area contributed by atoms with E-state index in [2.05, 4.69) is 5.32 Å². The number of benzene rings is 3. The lowest BCUT2D eigenvalue weighted by Gasteiger charge is -2.42. The highest BCUT2D eigenvalue weighted by Crippen LogP contribution is 2.45. The zero-order valence-corrected chi connectivity index (χ0v) is 21.5. The van der Waals surface area contributed by atoms with Gasteiger partial charge in [-0.15, -0.1) is 0 Å². The summed E-state index contributed by atoms with van der Waals surface area (Å²) in [5.74, 6) is 0.706. The van der Waals surface area contributed by atoms with E-state index in [0.29, 0.717) is 17.0 Å². The van der Waals surface area contributed by atoms with Crippen molar-refractivity contribution in [1.82, 2.24) is 5.32 Å². The van der Waals surface area contributed by atoms with Crippen molar-refractivity contribution < 1.29 is 19.1 Å². The molecule has 5 rings (SSSR count). The molecule has 1 heterocycles. The topological polar surface area (TPSA) is 67.9 Å². The highest BCUT2D eigenvalue weighted by atomic mass is 16.5. The molecule has 37 heavy (non-hydrogen) atoms. The maximum Gasteiger partial charge on any atom is 0.259 e. The summed E-state index contributed by atoms with van der Waals surface area (Å²) in [5.41, 5.74) is 2.92. The molecule has 1 fully saturated rings. The Labute approximate surface area is 218 Å². The SMILES string of the molecule is COc1ccc([C@H]2[C@@H](C(=O)NC3CCCCCC3)c3ccccc3C(=O)N2c2ccc(OC)cc2)cc1. The molecule has 2 aliphatic rings. The van der Waals surface area contributed by atoms with Gasteiger partial charge in [0.1, 0.15) is 11.5 Å². The van der Waals surface area contributed by atoms with Crippen LogP contribution in [0.2, 0.25) is 0 Å². The Kier molecular flexibility index (Phi) is 7.45. The number of fused-ring (bicyclic) bond motifs is 1. The minimum Gasteiger partial charge on any atom is -0.497 e. The molecule has 1 aliphatic heterocycles. The number of hydrogen-bond acceptors (Lipinski definition) is 4. The lowest BCUT2D eigenvalue weighted by atomic mass is 9.78. The van der Waals surface area contributed by atoms with Crippen LogP contribution in [0.15, 0.2) is 72.8 Å². The van der Waals surface area contributed by atoms with Crippen molar-refractivity contribution in [3.05, 3.63) is 89.5 Å². The maximum atomic E-state index is 14.1. The molecule has 0 bridgehead atoms. The van der Waals surface area contributed by atoms with Gasteiger partial charge in [-0.05, 0) is 66.4 Å². The van der Waals surface area contributed by atoms with Crippen LogP contribution in [-0.4, -0.2) is 32.1 Å². The van der Waals surface area contributed by atoms with E-state index in [9.17, 15) is 9.59 Å². The molecule has 192 valence electrons. The molecule has 0 saturated heterocycles. The number of nitrogens with one attached hydrogen (secondary N) is 1. The Morgan fingerprint density at radius 2 is 1.41 bits per heavy atom. The van der Waals surface area contributed by atoms with Gasteiger partial charge in [-0.1, -0.05) is 56.0 Å². The van der Waals surface area contributed by atoms with E-state index in [0.717, 1.165) is 42.6 Å². The molecule has 3 aromatic rings. The first kappa shape index (κ1) is 24.9. The highest BCUT2D eigenvalue weighted by Gasteiger charge is 2.45. The highest BCUT2D eigenvalue weighted by molar-refractivity contribution is 6.11. The van der Waals surface area contributed by atoms with Gasteiger partial charge >= 0.3 is 0 Å². The van der Waals surface area contributed by atoms with E-state index in [1.807, 2.05) is 72.8 Å². The first-order valence-corrected chi connectivity index (χ1v) is 13.1. The van der Waals surface area contributed by atoms with Crippen LogP contribution in [0.4, 0.5) is 5.69 Å². The van der Waals surface area contributed by atoms with Crippen LogP contribution in [0.1, 0.15) is 72.0 Å². The number of carbonyl (C=O) groups is 2. The minimum absolute atomic E-state index is 0.0359. The number of hydrogen-bond donors (Lipinski definition) is 1. The number of nitrogens with zero attached hydrogens (tertiary/aromatic N) is 1. The van der Waals surface area contributed by atoms with Gasteiger partial charge in [0, 0.05) is 17.3 Å². The average Bonchev–Trinajstić information content (AvgIpc) is 3.21. The summed E-state index contributed by atoms with van der Waals surface area (Å²) in [6, 6.07) is 22.3. The zero-order chi connectivity index (χ0) is 25.8. The van der Waals surface area contributed by atoms with Crippen molar-refractivity contribution in [3.8, 4) is 11.5 Å². The molecule has 6 heteroatoms. The number of carbonyl (C=O) groups excluding carboxylic acids is 2. The largest absolute Gasteiger partial charge is 0.497 e. The Hall–Kier alpha value is -3.80. The number of methoxy groups -OCH3 is 2. The second-order valence-electron chi connectivity index (χ2n) is 9.85. The van der Waals surface area contributed by atoms with Crippen LogP contribution >= 0.6 is 0 Å². The third-order valence-corrected chi connectivity index (χ3v) is 7.63. The monoisotopic (exact) mass is 498 g/mol. The van der Waals surface area contributed by atoms with Crippen molar-refractivity contribution in [2.75, 3.05) is 19.1 Å². The Morgan fingerprint density at radius 1 is 0.811 bits per heavy atom. The first-order chi connectivity index (χ1) is 18.1. The molecular weight excluding hydrogens is 464 g/mol. The fourth-order valence-electron chi connectivity index (χ4n) is 5.70. The smallest absolute Gasteiger partial charge is 0.259 e. The molecule has 2 atom stereocenters. The maximum absolute atomic E-state index is 14.1. The van der Waals surface area contributed by atoms with E-state index in [1.54, 1.807) is 19.1 Å². The van der Waals surface area contributed by atoms with Crippen molar-refractivity contribution in [2.45, 2.75) is 56.5 Å². The Bertz CT molecular complexity index is 1230. The molecular formula is C31H34N2O4. The van der Waals surface area contributed by atoms with Crippen molar-refractivity contribution >= 4 is 17.5 Å². The van der Waals surface area contributed by atoms with Crippen LogP contribution in [0.5, 0.6) is 11.5 Å². The number of ether oxygens (including phenoxy) is 2. The van der Waals surface area contributed by atoms with E-state index >= 15 is 0 Å². The van der Waals surface area contributed by atoms with Crippen LogP contribution in [0, 0.1) is 0 Å².